The summed E-state index contributed by atoms with van der Waals surface area (Å²) in [6.07, 6.45) is 1.16. The van der Waals surface area contributed by atoms with Gasteiger partial charge in [-0.25, -0.2) is 0 Å². The third-order valence-electron chi connectivity index (χ3n) is 6.36. The normalized spacial score (nSPS) is 18.1. The molecule has 0 unspecified atom stereocenters. The number of pyridine rings is 1. The van der Waals surface area contributed by atoms with E-state index in [1.807, 2.05) is 18.2 Å². The van der Waals surface area contributed by atoms with Crippen LogP contribution in [0.3, 0.4) is 0 Å². The van der Waals surface area contributed by atoms with Gasteiger partial charge in [0.25, 0.3) is 0 Å². The predicted octanol–water partition coefficient (Wildman–Crippen LogP) is 6.07. The second-order valence-corrected chi connectivity index (χ2v) is 12.7. The van der Waals surface area contributed by atoms with Crippen LogP contribution in [0.5, 0.6) is 0 Å². The number of fused-ring (bicyclic) bond motifs is 7. The molecular weight excluding hydrogens is 382 g/mol. The Morgan fingerprint density at radius 2 is 1.60 bits per heavy atom. The quantitative estimate of drug-likeness (QED) is 0.313. The zero-order valence-corrected chi connectivity index (χ0v) is 17.7. The number of para-hydroxylation sites is 1. The van der Waals surface area contributed by atoms with Crippen molar-refractivity contribution in [3.8, 4) is 22.4 Å². The molecule has 2 aromatic heterocycles. The van der Waals surface area contributed by atoms with E-state index in [-0.39, 0.29) is 11.1 Å². The molecule has 0 fully saturated rings. The van der Waals surface area contributed by atoms with Gasteiger partial charge in [0.1, 0.15) is 19.2 Å². The molecule has 0 spiro atoms. The van der Waals surface area contributed by atoms with E-state index in [2.05, 4.69) is 54.5 Å². The fourth-order valence-corrected chi connectivity index (χ4v) is 8.23. The third kappa shape index (κ3) is 2.21. The van der Waals surface area contributed by atoms with Gasteiger partial charge in [-0.2, -0.15) is 0 Å². The van der Waals surface area contributed by atoms with E-state index in [0.717, 1.165) is 22.6 Å². The van der Waals surface area contributed by atoms with Gasteiger partial charge in [-0.3, -0.25) is 4.98 Å². The van der Waals surface area contributed by atoms with Crippen LogP contribution < -0.4 is 10.4 Å². The Morgan fingerprint density at radius 3 is 2.47 bits per heavy atom. The monoisotopic (exact) mass is 411 g/mol. The maximum Gasteiger partial charge on any atom is 0.144 e. The second kappa shape index (κ2) is 5.93. The van der Waals surface area contributed by atoms with E-state index in [9.17, 15) is 0 Å². The van der Waals surface area contributed by atoms with Crippen LogP contribution in [-0.4, -0.2) is 13.1 Å². The van der Waals surface area contributed by atoms with Crippen LogP contribution in [-0.2, 0) is 0 Å². The first-order valence-electron chi connectivity index (χ1n) is 13.0. The van der Waals surface area contributed by atoms with Crippen LogP contribution in [0.1, 0.15) is 19.4 Å². The summed E-state index contributed by atoms with van der Waals surface area (Å²) in [6, 6.07) is 19.9. The average molecular weight is 412 g/mol. The molecular formula is C27H23NOSi. The summed E-state index contributed by atoms with van der Waals surface area (Å²) in [6.45, 7) is -0.496. The van der Waals surface area contributed by atoms with Gasteiger partial charge < -0.3 is 4.42 Å². The minimum atomic E-state index is -2.59. The fraction of sp³-hybridized carbons (Fsp3) is 0.148. The van der Waals surface area contributed by atoms with E-state index in [0.29, 0.717) is 16.8 Å². The minimum absolute atomic E-state index is 0.217. The van der Waals surface area contributed by atoms with Crippen molar-refractivity contribution >= 4 is 40.4 Å². The Morgan fingerprint density at radius 1 is 0.800 bits per heavy atom. The van der Waals surface area contributed by atoms with Gasteiger partial charge in [-0.1, -0.05) is 55.6 Å². The summed E-state index contributed by atoms with van der Waals surface area (Å²) in [4.78, 5) is 4.38. The molecule has 1 aliphatic heterocycles. The molecule has 0 saturated heterocycles. The van der Waals surface area contributed by atoms with Gasteiger partial charge in [0, 0.05) is 30.8 Å². The van der Waals surface area contributed by atoms with E-state index >= 15 is 0 Å². The third-order valence-corrected chi connectivity index (χ3v) is 9.89. The lowest BCUT2D eigenvalue weighted by Gasteiger charge is -2.18. The molecule has 3 heterocycles. The topological polar surface area (TPSA) is 26.0 Å². The summed E-state index contributed by atoms with van der Waals surface area (Å²) >= 11 is 0. The summed E-state index contributed by atoms with van der Waals surface area (Å²) in [5.74, 6) is 0. The molecule has 0 N–H and O–H groups in total. The van der Waals surface area contributed by atoms with Gasteiger partial charge in [0.2, 0.25) is 0 Å². The summed E-state index contributed by atoms with van der Waals surface area (Å²) in [5, 5.41) is 4.58. The predicted molar refractivity (Wildman–Crippen MR) is 129 cm³/mol. The molecule has 2 nitrogen and oxygen atoms in total. The smallest absolute Gasteiger partial charge is 0.144 e. The number of aromatic nitrogens is 1. The Hall–Kier alpha value is -3.17. The first-order chi connectivity index (χ1) is 16.9. The first kappa shape index (κ1) is 12.5. The molecule has 0 saturated carbocycles. The van der Waals surface area contributed by atoms with Gasteiger partial charge >= 0.3 is 0 Å². The Kier molecular flexibility index (Phi) is 2.47. The zero-order valence-electron chi connectivity index (χ0n) is 22.7. The molecule has 3 heteroatoms. The largest absolute Gasteiger partial charge is 0.455 e. The lowest BCUT2D eigenvalue weighted by atomic mass is 10.0. The first-order valence-corrected chi connectivity index (χ1v) is 13.0. The van der Waals surface area contributed by atoms with Crippen LogP contribution >= 0.6 is 0 Å². The highest BCUT2D eigenvalue weighted by Gasteiger charge is 2.40. The van der Waals surface area contributed by atoms with E-state index in [1.165, 1.54) is 27.6 Å². The van der Waals surface area contributed by atoms with Crippen molar-refractivity contribution in [2.24, 2.45) is 0 Å². The second-order valence-electron chi connectivity index (χ2n) is 8.43. The average Bonchev–Trinajstić information content (AvgIpc) is 3.30. The van der Waals surface area contributed by atoms with Crippen molar-refractivity contribution in [2.75, 3.05) is 0 Å². The maximum absolute atomic E-state index is 7.93. The van der Waals surface area contributed by atoms with Crippen molar-refractivity contribution in [1.29, 1.82) is 0 Å². The molecule has 6 rings (SSSR count). The van der Waals surface area contributed by atoms with E-state index in [1.54, 1.807) is 0 Å². The highest BCUT2D eigenvalue weighted by molar-refractivity contribution is 7.05. The lowest BCUT2D eigenvalue weighted by molar-refractivity contribution is 0.672. The minimum Gasteiger partial charge on any atom is -0.455 e. The molecule has 0 bridgehead atoms. The zero-order chi connectivity index (χ0) is 25.6. The van der Waals surface area contributed by atoms with Crippen LogP contribution in [0.2, 0.25) is 13.1 Å². The van der Waals surface area contributed by atoms with Crippen LogP contribution in [0.15, 0.2) is 71.3 Å². The lowest BCUT2D eigenvalue weighted by Crippen LogP contribution is -2.49. The standard InChI is InChI=1S/C27H23NOSi/c1-16-14-23(28-15-17(16)2)22-10-7-9-19-20-12-13-21-18-8-5-6-11-24(18)30(3,4)27(21)26(20)29-25(19)22/h5-15H,1-4H3/i1D3,2D3. The van der Waals surface area contributed by atoms with Crippen LogP contribution in [0, 0.1) is 13.7 Å². The van der Waals surface area contributed by atoms with Crippen LogP contribution in [0.25, 0.3) is 44.3 Å². The molecule has 0 radical (unpaired) electrons. The highest BCUT2D eigenvalue weighted by Crippen LogP contribution is 2.39. The van der Waals surface area contributed by atoms with Gasteiger partial charge in [-0.05, 0) is 64.5 Å². The molecule has 5 aromatic rings. The van der Waals surface area contributed by atoms with Crippen molar-refractivity contribution in [3.63, 3.8) is 0 Å². The van der Waals surface area contributed by atoms with Gasteiger partial charge in [0.05, 0.1) is 5.69 Å². The molecule has 3 aromatic carbocycles. The number of furan rings is 1. The molecule has 0 aliphatic carbocycles. The molecule has 146 valence electrons. The van der Waals surface area contributed by atoms with Crippen molar-refractivity contribution in [2.45, 2.75) is 26.8 Å². The number of aryl methyl sites for hydroxylation is 2. The van der Waals surface area contributed by atoms with Crippen molar-refractivity contribution in [1.82, 2.24) is 4.98 Å². The summed E-state index contributed by atoms with van der Waals surface area (Å²) < 4.78 is 53.7. The number of nitrogens with zero attached hydrogens (tertiary/aromatic N) is 1. The van der Waals surface area contributed by atoms with Crippen molar-refractivity contribution in [3.05, 3.63) is 78.0 Å². The Labute approximate surface area is 185 Å². The SMILES string of the molecule is [2H]C([2H])([2H])c1cnc(-c2cccc3c2oc2c4c(ccc23)-c2ccccc2[Si]4(C)C)cc1C([2H])([2H])[2H]. The molecule has 30 heavy (non-hydrogen) atoms. The molecule has 1 aliphatic rings. The maximum atomic E-state index is 7.93. The van der Waals surface area contributed by atoms with Gasteiger partial charge in [-0.15, -0.1) is 0 Å². The Balaban J connectivity index is 1.63. The number of hydrogen-bond acceptors (Lipinski definition) is 2. The van der Waals surface area contributed by atoms with E-state index < -0.39 is 21.8 Å². The fourth-order valence-electron chi connectivity index (χ4n) is 4.91. The number of hydrogen-bond donors (Lipinski definition) is 0. The molecule has 0 amide bonds. The number of rotatable bonds is 1. The van der Waals surface area contributed by atoms with Crippen molar-refractivity contribution < 1.29 is 12.6 Å². The summed E-state index contributed by atoms with van der Waals surface area (Å²) in [5.41, 5.74) is 4.48. The van der Waals surface area contributed by atoms with Gasteiger partial charge in [0.15, 0.2) is 0 Å². The van der Waals surface area contributed by atoms with Crippen LogP contribution in [0.4, 0.5) is 0 Å². The summed E-state index contributed by atoms with van der Waals surface area (Å²) in [7, 11) is -2.01. The Bertz CT molecular complexity index is 1700. The number of benzene rings is 3. The molecule has 0 atom stereocenters. The van der Waals surface area contributed by atoms with E-state index in [4.69, 9.17) is 12.6 Å². The highest BCUT2D eigenvalue weighted by atomic mass is 28.3.